The van der Waals surface area contributed by atoms with Gasteiger partial charge in [-0.1, -0.05) is 48.0 Å². The molecular formula is C24H18ClN3O4S. The monoisotopic (exact) mass is 479 g/mol. The maximum absolute atomic E-state index is 13.3. The first-order valence-electron chi connectivity index (χ1n) is 9.92. The molecular weight excluding hydrogens is 462 g/mol. The van der Waals surface area contributed by atoms with Crippen LogP contribution in [0.1, 0.15) is 33.6 Å². The maximum Gasteiger partial charge on any atom is 0.282 e. The molecule has 0 aliphatic heterocycles. The van der Waals surface area contributed by atoms with Crippen LogP contribution < -0.4 is 4.72 Å². The molecule has 4 rings (SSSR count). The van der Waals surface area contributed by atoms with Gasteiger partial charge in [0.25, 0.3) is 5.91 Å². The number of amides is 1. The highest BCUT2D eigenvalue weighted by Crippen LogP contribution is 2.36. The number of fused-ring (bicyclic) bond motifs is 1. The lowest BCUT2D eigenvalue weighted by molar-refractivity contribution is -0.113. The van der Waals surface area contributed by atoms with E-state index in [1.54, 1.807) is 65.3 Å². The minimum Gasteiger partial charge on any atom is -0.331 e. The van der Waals surface area contributed by atoms with Gasteiger partial charge in [-0.3, -0.25) is 9.59 Å². The molecule has 1 N–H and O–H groups in total. The summed E-state index contributed by atoms with van der Waals surface area (Å²) in [7, 11) is -3.89. The summed E-state index contributed by atoms with van der Waals surface area (Å²) in [6.07, 6.45) is 6.06. The molecule has 1 aromatic heterocycles. The third kappa shape index (κ3) is 4.46. The van der Waals surface area contributed by atoms with Crippen molar-refractivity contribution in [3.05, 3.63) is 88.1 Å². The molecule has 7 nitrogen and oxygen atoms in total. The van der Waals surface area contributed by atoms with Gasteiger partial charge >= 0.3 is 0 Å². The molecule has 1 aliphatic carbocycles. The number of ketones is 1. The van der Waals surface area contributed by atoms with E-state index in [9.17, 15) is 23.3 Å². The molecule has 1 aliphatic rings. The highest BCUT2D eigenvalue weighted by atomic mass is 35.5. The molecule has 33 heavy (non-hydrogen) atoms. The molecule has 0 bridgehead atoms. The molecule has 1 amide bonds. The van der Waals surface area contributed by atoms with Crippen molar-refractivity contribution in [2.45, 2.75) is 13.0 Å². The smallest absolute Gasteiger partial charge is 0.282 e. The second kappa shape index (κ2) is 8.70. The number of carbonyl (C=O) groups excluding carboxylic acids is 2. The molecule has 166 valence electrons. The van der Waals surface area contributed by atoms with Crippen LogP contribution in [-0.4, -0.2) is 30.9 Å². The Bertz CT molecular complexity index is 1530. The van der Waals surface area contributed by atoms with Gasteiger partial charge in [0.15, 0.2) is 5.78 Å². The summed E-state index contributed by atoms with van der Waals surface area (Å²) in [5.41, 5.74) is 2.22. The van der Waals surface area contributed by atoms with Crippen LogP contribution in [0.25, 0.3) is 16.5 Å². The van der Waals surface area contributed by atoms with E-state index >= 15 is 0 Å². The van der Waals surface area contributed by atoms with Crippen molar-refractivity contribution in [1.29, 1.82) is 5.26 Å². The standard InChI is InChI=1S/C24H18ClN3O4S/c1-33(31,32)27-24(30)23-22(18-8-4-5-9-21(18)29)19-12-17(25)10-11-20(19)28(23)14-16-7-3-2-6-15(16)13-26/h2-8,10-12H,9,14H2,1H3,(H,27,30). The number of allylic oxidation sites excluding steroid dienone is 4. The van der Waals surface area contributed by atoms with Crippen molar-refractivity contribution in [3.8, 4) is 6.07 Å². The summed E-state index contributed by atoms with van der Waals surface area (Å²) in [5.74, 6) is -1.08. The summed E-state index contributed by atoms with van der Waals surface area (Å²) in [6, 6.07) is 14.0. The summed E-state index contributed by atoms with van der Waals surface area (Å²) in [5, 5.41) is 10.5. The Morgan fingerprint density at radius 2 is 2.00 bits per heavy atom. The highest BCUT2D eigenvalue weighted by Gasteiger charge is 2.29. The van der Waals surface area contributed by atoms with E-state index in [-0.39, 0.29) is 30.0 Å². The maximum atomic E-state index is 13.3. The van der Waals surface area contributed by atoms with Crippen LogP contribution in [0.3, 0.4) is 0 Å². The Balaban J connectivity index is 2.07. The number of sulfonamides is 1. The Hall–Kier alpha value is -3.67. The minimum absolute atomic E-state index is 0.000310. The average molecular weight is 480 g/mol. The van der Waals surface area contributed by atoms with Crippen molar-refractivity contribution >= 4 is 49.8 Å². The van der Waals surface area contributed by atoms with Gasteiger partial charge in [-0.15, -0.1) is 0 Å². The molecule has 3 aromatic rings. The SMILES string of the molecule is CS(=O)(=O)NC(=O)c1c(C2=CC=CCC2=O)c2cc(Cl)ccc2n1Cc1ccccc1C#N. The molecule has 9 heteroatoms. The Morgan fingerprint density at radius 3 is 2.70 bits per heavy atom. The van der Waals surface area contributed by atoms with E-state index in [1.165, 1.54) is 0 Å². The number of hydrogen-bond donors (Lipinski definition) is 1. The van der Waals surface area contributed by atoms with E-state index in [1.807, 2.05) is 4.72 Å². The Morgan fingerprint density at radius 1 is 1.24 bits per heavy atom. The molecule has 0 saturated carbocycles. The number of halogens is 1. The molecule has 1 heterocycles. The molecule has 2 aromatic carbocycles. The first-order chi connectivity index (χ1) is 15.7. The second-order valence-corrected chi connectivity index (χ2v) is 9.76. The van der Waals surface area contributed by atoms with E-state index < -0.39 is 15.9 Å². The Labute approximate surface area is 195 Å². The van der Waals surface area contributed by atoms with Gasteiger partial charge in [0.05, 0.1) is 17.9 Å². The number of rotatable bonds is 5. The number of nitriles is 1. The quantitative estimate of drug-likeness (QED) is 0.598. The van der Waals surface area contributed by atoms with Crippen molar-refractivity contribution in [2.24, 2.45) is 0 Å². The van der Waals surface area contributed by atoms with E-state index in [4.69, 9.17) is 11.6 Å². The fourth-order valence-electron chi connectivity index (χ4n) is 3.92. The van der Waals surface area contributed by atoms with Gasteiger partial charge in [-0.2, -0.15) is 5.26 Å². The summed E-state index contributed by atoms with van der Waals surface area (Å²) < 4.78 is 27.4. The number of nitrogens with one attached hydrogen (secondary N) is 1. The zero-order valence-electron chi connectivity index (χ0n) is 17.5. The van der Waals surface area contributed by atoms with Gasteiger partial charge in [-0.05, 0) is 29.8 Å². The zero-order valence-corrected chi connectivity index (χ0v) is 19.1. The van der Waals surface area contributed by atoms with Crippen LogP contribution in [0.4, 0.5) is 0 Å². The van der Waals surface area contributed by atoms with Gasteiger partial charge < -0.3 is 4.57 Å². The molecule has 0 unspecified atom stereocenters. The number of benzene rings is 2. The predicted molar refractivity (Wildman–Crippen MR) is 126 cm³/mol. The van der Waals surface area contributed by atoms with Crippen LogP contribution in [0, 0.1) is 11.3 Å². The lowest BCUT2D eigenvalue weighted by Crippen LogP contribution is -2.32. The number of nitrogens with zero attached hydrogens (tertiary/aromatic N) is 2. The van der Waals surface area contributed by atoms with E-state index in [0.29, 0.717) is 32.6 Å². The normalized spacial score (nSPS) is 13.6. The van der Waals surface area contributed by atoms with Gasteiger partial charge in [0.1, 0.15) is 5.69 Å². The fourth-order valence-corrected chi connectivity index (χ4v) is 4.52. The average Bonchev–Trinajstić information content (AvgIpc) is 3.06. The molecule has 0 spiro atoms. The van der Waals surface area contributed by atoms with Crippen LogP contribution in [0.15, 0.2) is 60.7 Å². The van der Waals surface area contributed by atoms with Crippen molar-refractivity contribution in [1.82, 2.24) is 9.29 Å². The van der Waals surface area contributed by atoms with Crippen LogP contribution in [-0.2, 0) is 21.4 Å². The topological polar surface area (TPSA) is 109 Å². The highest BCUT2D eigenvalue weighted by molar-refractivity contribution is 7.89. The van der Waals surface area contributed by atoms with Crippen molar-refractivity contribution in [2.75, 3.05) is 6.26 Å². The van der Waals surface area contributed by atoms with Crippen molar-refractivity contribution < 1.29 is 18.0 Å². The molecule has 0 saturated heterocycles. The second-order valence-electron chi connectivity index (χ2n) is 7.58. The van der Waals surface area contributed by atoms with Crippen LogP contribution in [0.2, 0.25) is 5.02 Å². The number of carbonyl (C=O) groups is 2. The third-order valence-corrected chi connectivity index (χ3v) is 6.05. The lowest BCUT2D eigenvalue weighted by atomic mass is 9.93. The number of Topliss-reactive ketones (excluding diaryl/α,β-unsaturated/α-hetero) is 1. The number of aromatic nitrogens is 1. The lowest BCUT2D eigenvalue weighted by Gasteiger charge is -2.14. The third-order valence-electron chi connectivity index (χ3n) is 5.26. The molecule has 0 fully saturated rings. The summed E-state index contributed by atoms with van der Waals surface area (Å²) in [6.45, 7) is 0.103. The minimum atomic E-state index is -3.89. The largest absolute Gasteiger partial charge is 0.331 e. The summed E-state index contributed by atoms with van der Waals surface area (Å²) >= 11 is 6.25. The molecule has 0 atom stereocenters. The fraction of sp³-hybridized carbons (Fsp3) is 0.125. The van der Waals surface area contributed by atoms with Gasteiger partial charge in [0, 0.05) is 40.0 Å². The first kappa shape index (κ1) is 22.5. The summed E-state index contributed by atoms with van der Waals surface area (Å²) in [4.78, 5) is 26.1. The van der Waals surface area contributed by atoms with E-state index in [2.05, 4.69) is 6.07 Å². The predicted octanol–water partition coefficient (Wildman–Crippen LogP) is 3.82. The number of hydrogen-bond acceptors (Lipinski definition) is 5. The zero-order chi connectivity index (χ0) is 23.8. The van der Waals surface area contributed by atoms with Gasteiger partial charge in [0.2, 0.25) is 10.0 Å². The molecule has 0 radical (unpaired) electrons. The van der Waals surface area contributed by atoms with Crippen LogP contribution in [0.5, 0.6) is 0 Å². The van der Waals surface area contributed by atoms with E-state index in [0.717, 1.165) is 6.26 Å². The van der Waals surface area contributed by atoms with Crippen molar-refractivity contribution in [3.63, 3.8) is 0 Å². The van der Waals surface area contributed by atoms with Gasteiger partial charge in [-0.25, -0.2) is 13.1 Å². The Kier molecular flexibility index (Phi) is 5.93. The van der Waals surface area contributed by atoms with Crippen LogP contribution >= 0.6 is 11.6 Å². The first-order valence-corrected chi connectivity index (χ1v) is 12.2.